The summed E-state index contributed by atoms with van der Waals surface area (Å²) in [5, 5.41) is 3.17. The lowest BCUT2D eigenvalue weighted by Crippen LogP contribution is -2.34. The van der Waals surface area contributed by atoms with E-state index in [-0.39, 0.29) is 12.0 Å². The Morgan fingerprint density at radius 1 is 1.19 bits per heavy atom. The highest BCUT2D eigenvalue weighted by atomic mass is 16.5. The van der Waals surface area contributed by atoms with Gasteiger partial charge in [-0.3, -0.25) is 9.59 Å². The van der Waals surface area contributed by atoms with Gasteiger partial charge in [0, 0.05) is 18.7 Å². The van der Waals surface area contributed by atoms with Crippen LogP contribution in [-0.2, 0) is 4.74 Å². The van der Waals surface area contributed by atoms with Crippen LogP contribution in [0, 0.1) is 0 Å². The molecular formula is C20H19N3O4. The molecule has 4 rings (SSSR count). The maximum absolute atomic E-state index is 12.8. The minimum atomic E-state index is -0.546. The van der Waals surface area contributed by atoms with Crippen LogP contribution in [0.5, 0.6) is 0 Å². The molecule has 2 heterocycles. The second kappa shape index (κ2) is 7.20. The van der Waals surface area contributed by atoms with E-state index in [0.29, 0.717) is 28.7 Å². The van der Waals surface area contributed by atoms with E-state index in [0.717, 1.165) is 24.0 Å². The average Bonchev–Trinajstić information content (AvgIpc) is 3.20. The fourth-order valence-electron chi connectivity index (χ4n) is 3.28. The van der Waals surface area contributed by atoms with Gasteiger partial charge in [0.15, 0.2) is 0 Å². The lowest BCUT2D eigenvalue weighted by molar-refractivity contribution is 0.0858. The molecule has 0 aliphatic carbocycles. The molecule has 3 aromatic rings. The molecule has 27 heavy (non-hydrogen) atoms. The Morgan fingerprint density at radius 3 is 2.74 bits per heavy atom. The fourth-order valence-corrected chi connectivity index (χ4v) is 3.28. The highest BCUT2D eigenvalue weighted by Crippen LogP contribution is 2.13. The van der Waals surface area contributed by atoms with Gasteiger partial charge in [-0.1, -0.05) is 18.2 Å². The Kier molecular flexibility index (Phi) is 4.60. The minimum Gasteiger partial charge on any atom is -0.376 e. The van der Waals surface area contributed by atoms with Gasteiger partial charge < -0.3 is 15.0 Å². The number of aromatic nitrogens is 2. The van der Waals surface area contributed by atoms with Crippen LogP contribution in [0.15, 0.2) is 58.1 Å². The van der Waals surface area contributed by atoms with Crippen molar-refractivity contribution in [1.29, 1.82) is 0 Å². The van der Waals surface area contributed by atoms with Crippen LogP contribution >= 0.6 is 0 Å². The van der Waals surface area contributed by atoms with Crippen molar-refractivity contribution in [2.45, 2.75) is 18.9 Å². The number of H-pyrrole nitrogens is 1. The molecular weight excluding hydrogens is 346 g/mol. The highest BCUT2D eigenvalue weighted by Gasteiger charge is 2.17. The van der Waals surface area contributed by atoms with Crippen LogP contribution in [0.4, 0.5) is 0 Å². The van der Waals surface area contributed by atoms with Crippen molar-refractivity contribution < 1.29 is 9.53 Å². The number of carbonyl (C=O) groups excluding carboxylic acids is 1. The first-order valence-corrected chi connectivity index (χ1v) is 8.88. The van der Waals surface area contributed by atoms with E-state index < -0.39 is 11.2 Å². The van der Waals surface area contributed by atoms with Crippen LogP contribution in [-0.4, -0.2) is 34.7 Å². The quantitative estimate of drug-likeness (QED) is 0.734. The number of hydrogen-bond acceptors (Lipinski definition) is 4. The maximum atomic E-state index is 12.8. The number of benzene rings is 2. The first-order chi connectivity index (χ1) is 13.1. The zero-order chi connectivity index (χ0) is 18.8. The molecule has 0 spiro atoms. The Balaban J connectivity index is 1.66. The van der Waals surface area contributed by atoms with Crippen molar-refractivity contribution in [2.75, 3.05) is 13.2 Å². The Bertz CT molecular complexity index is 1100. The maximum Gasteiger partial charge on any atom is 0.333 e. The van der Waals surface area contributed by atoms with Crippen LogP contribution in [0.25, 0.3) is 16.6 Å². The zero-order valence-corrected chi connectivity index (χ0v) is 14.6. The number of ether oxygens (including phenoxy) is 1. The minimum absolute atomic E-state index is 0.0484. The van der Waals surface area contributed by atoms with Gasteiger partial charge in [0.1, 0.15) is 0 Å². The van der Waals surface area contributed by atoms with Crippen LogP contribution < -0.4 is 16.6 Å². The molecule has 1 aliphatic heterocycles. The molecule has 138 valence electrons. The number of nitrogens with one attached hydrogen (secondary N) is 2. The monoisotopic (exact) mass is 365 g/mol. The summed E-state index contributed by atoms with van der Waals surface area (Å²) in [7, 11) is 0. The van der Waals surface area contributed by atoms with Gasteiger partial charge in [-0.05, 0) is 43.2 Å². The van der Waals surface area contributed by atoms with E-state index in [2.05, 4.69) is 10.3 Å². The molecule has 0 saturated carbocycles. The molecule has 7 nitrogen and oxygen atoms in total. The molecule has 0 radical (unpaired) electrons. The van der Waals surface area contributed by atoms with E-state index in [9.17, 15) is 14.4 Å². The predicted molar refractivity (Wildman–Crippen MR) is 101 cm³/mol. The number of fused-ring (bicyclic) bond motifs is 1. The molecule has 0 bridgehead atoms. The molecule has 1 unspecified atom stereocenters. The average molecular weight is 365 g/mol. The third kappa shape index (κ3) is 3.41. The van der Waals surface area contributed by atoms with Gasteiger partial charge in [-0.15, -0.1) is 0 Å². The standard InChI is InChI=1S/C20H19N3O4/c24-18(21-12-15-7-4-10-27-15)13-8-9-16-17(11-13)22-20(26)23(19(16)25)14-5-2-1-3-6-14/h1-3,5-6,8-9,11,15H,4,7,10,12H2,(H,21,24)(H,22,26). The Labute approximate surface area is 154 Å². The van der Waals surface area contributed by atoms with E-state index in [1.165, 1.54) is 6.07 Å². The van der Waals surface area contributed by atoms with Crippen molar-refractivity contribution >= 4 is 16.8 Å². The first kappa shape index (κ1) is 17.2. The number of aromatic amines is 1. The molecule has 1 aliphatic rings. The van der Waals surface area contributed by atoms with Crippen LogP contribution in [0.1, 0.15) is 23.2 Å². The molecule has 1 aromatic heterocycles. The molecule has 2 N–H and O–H groups in total. The molecule has 7 heteroatoms. The SMILES string of the molecule is O=C(NCC1CCCO1)c1ccc2c(=O)n(-c3ccccc3)c(=O)[nH]c2c1. The summed E-state index contributed by atoms with van der Waals surface area (Å²) >= 11 is 0. The van der Waals surface area contributed by atoms with E-state index in [1.54, 1.807) is 36.4 Å². The Morgan fingerprint density at radius 2 is 2.00 bits per heavy atom. The normalized spacial score (nSPS) is 16.5. The lowest BCUT2D eigenvalue weighted by atomic mass is 10.1. The molecule has 1 atom stereocenters. The van der Waals surface area contributed by atoms with Crippen molar-refractivity contribution in [3.8, 4) is 5.69 Å². The number of rotatable bonds is 4. The number of carbonyl (C=O) groups is 1. The first-order valence-electron chi connectivity index (χ1n) is 8.88. The van der Waals surface area contributed by atoms with Crippen LogP contribution in [0.3, 0.4) is 0 Å². The van der Waals surface area contributed by atoms with Crippen molar-refractivity contribution in [3.05, 3.63) is 74.9 Å². The number of para-hydroxylation sites is 1. The van der Waals surface area contributed by atoms with Gasteiger partial charge in [-0.25, -0.2) is 9.36 Å². The second-order valence-electron chi connectivity index (χ2n) is 6.51. The largest absolute Gasteiger partial charge is 0.376 e. The summed E-state index contributed by atoms with van der Waals surface area (Å²) in [6.07, 6.45) is 1.99. The molecule has 1 fully saturated rings. The fraction of sp³-hybridized carbons (Fsp3) is 0.250. The molecule has 1 saturated heterocycles. The summed E-state index contributed by atoms with van der Waals surface area (Å²) in [6.45, 7) is 1.18. The molecule has 1 amide bonds. The van der Waals surface area contributed by atoms with E-state index in [1.807, 2.05) is 6.07 Å². The number of hydrogen-bond donors (Lipinski definition) is 2. The van der Waals surface area contributed by atoms with Gasteiger partial charge in [0.25, 0.3) is 11.5 Å². The van der Waals surface area contributed by atoms with Crippen molar-refractivity contribution in [2.24, 2.45) is 0 Å². The third-order valence-electron chi connectivity index (χ3n) is 4.69. The highest BCUT2D eigenvalue weighted by molar-refractivity contribution is 5.97. The van der Waals surface area contributed by atoms with Gasteiger partial charge >= 0.3 is 5.69 Å². The van der Waals surface area contributed by atoms with Crippen LogP contribution in [0.2, 0.25) is 0 Å². The van der Waals surface area contributed by atoms with Gasteiger partial charge in [0.2, 0.25) is 0 Å². The van der Waals surface area contributed by atoms with Gasteiger partial charge in [0.05, 0.1) is 22.7 Å². The van der Waals surface area contributed by atoms with Crippen molar-refractivity contribution in [1.82, 2.24) is 14.9 Å². The van der Waals surface area contributed by atoms with Gasteiger partial charge in [-0.2, -0.15) is 0 Å². The lowest BCUT2D eigenvalue weighted by Gasteiger charge is -2.11. The molecule has 2 aromatic carbocycles. The number of amides is 1. The summed E-state index contributed by atoms with van der Waals surface area (Å²) in [6, 6.07) is 13.4. The number of nitrogens with zero attached hydrogens (tertiary/aromatic N) is 1. The second-order valence-corrected chi connectivity index (χ2v) is 6.51. The van der Waals surface area contributed by atoms with E-state index >= 15 is 0 Å². The summed E-state index contributed by atoms with van der Waals surface area (Å²) in [5.41, 5.74) is 0.237. The topological polar surface area (TPSA) is 93.2 Å². The van der Waals surface area contributed by atoms with Crippen molar-refractivity contribution in [3.63, 3.8) is 0 Å². The summed E-state index contributed by atoms with van der Waals surface area (Å²) in [4.78, 5) is 40.2. The summed E-state index contributed by atoms with van der Waals surface area (Å²) < 4.78 is 6.57. The zero-order valence-electron chi connectivity index (χ0n) is 14.6. The third-order valence-corrected chi connectivity index (χ3v) is 4.69. The predicted octanol–water partition coefficient (Wildman–Crippen LogP) is 1.59. The van der Waals surface area contributed by atoms with E-state index in [4.69, 9.17) is 4.74 Å². The Hall–Kier alpha value is -3.19. The smallest absolute Gasteiger partial charge is 0.333 e. The summed E-state index contributed by atoms with van der Waals surface area (Å²) in [5.74, 6) is -0.263.